The molecular weight excluding hydrogens is 355 g/mol. The molecule has 0 aliphatic carbocycles. The first-order valence-corrected chi connectivity index (χ1v) is 8.68. The fourth-order valence-electron chi connectivity index (χ4n) is 2.67. The van der Waals surface area contributed by atoms with E-state index in [0.717, 1.165) is 12.0 Å². The first kappa shape index (κ1) is 17.7. The Morgan fingerprint density at radius 3 is 2.36 bits per heavy atom. The van der Waals surface area contributed by atoms with Crippen molar-refractivity contribution in [3.8, 4) is 11.3 Å². The number of nitrogens with zero attached hydrogens (tertiary/aromatic N) is 2. The summed E-state index contributed by atoms with van der Waals surface area (Å²) in [5.74, 6) is 1.06. The van der Waals surface area contributed by atoms with Crippen molar-refractivity contribution in [3.05, 3.63) is 75.5 Å². The third kappa shape index (κ3) is 4.10. The molecule has 6 heteroatoms. The lowest BCUT2D eigenvalue weighted by Gasteiger charge is -2.13. The van der Waals surface area contributed by atoms with Gasteiger partial charge in [-0.2, -0.15) is 0 Å². The maximum atomic E-state index is 6.34. The fraction of sp³-hybridized carbons (Fsp3) is 0.158. The van der Waals surface area contributed by atoms with Gasteiger partial charge >= 0.3 is 0 Å². The summed E-state index contributed by atoms with van der Waals surface area (Å²) in [6.45, 7) is 0.235. The Morgan fingerprint density at radius 2 is 1.68 bits per heavy atom. The van der Waals surface area contributed by atoms with Crippen molar-refractivity contribution in [1.82, 2.24) is 9.97 Å². The van der Waals surface area contributed by atoms with Crippen molar-refractivity contribution in [2.24, 2.45) is 5.73 Å². The maximum absolute atomic E-state index is 6.34. The molecule has 4 N–H and O–H groups in total. The number of benzene rings is 2. The molecule has 0 bridgehead atoms. The van der Waals surface area contributed by atoms with Gasteiger partial charge in [-0.3, -0.25) is 0 Å². The Labute approximate surface area is 156 Å². The van der Waals surface area contributed by atoms with Gasteiger partial charge in [-0.05, 0) is 30.2 Å². The molecule has 128 valence electrons. The molecule has 3 rings (SSSR count). The van der Waals surface area contributed by atoms with Gasteiger partial charge < -0.3 is 11.5 Å². The van der Waals surface area contributed by atoms with E-state index in [1.165, 1.54) is 5.56 Å². The Kier molecular flexibility index (Phi) is 5.53. The van der Waals surface area contributed by atoms with Crippen molar-refractivity contribution in [2.75, 3.05) is 5.73 Å². The summed E-state index contributed by atoms with van der Waals surface area (Å²) in [7, 11) is 0. The summed E-state index contributed by atoms with van der Waals surface area (Å²) in [5, 5.41) is 1.07. The van der Waals surface area contributed by atoms with E-state index < -0.39 is 0 Å². The number of nitrogens with two attached hydrogens (primary N) is 2. The average Bonchev–Trinajstić information content (AvgIpc) is 2.60. The molecule has 0 fully saturated rings. The lowest BCUT2D eigenvalue weighted by Crippen LogP contribution is -2.11. The van der Waals surface area contributed by atoms with Gasteiger partial charge in [-0.1, -0.05) is 53.5 Å². The Hall–Kier alpha value is -2.14. The predicted octanol–water partition coefficient (Wildman–Crippen LogP) is 4.28. The van der Waals surface area contributed by atoms with Crippen LogP contribution in [0.25, 0.3) is 11.3 Å². The topological polar surface area (TPSA) is 77.8 Å². The van der Waals surface area contributed by atoms with E-state index in [0.29, 0.717) is 39.4 Å². The van der Waals surface area contributed by atoms with Crippen LogP contribution >= 0.6 is 23.2 Å². The Bertz CT molecular complexity index is 882. The molecule has 0 unspecified atom stereocenters. The van der Waals surface area contributed by atoms with E-state index in [9.17, 15) is 0 Å². The third-order valence-electron chi connectivity index (χ3n) is 3.96. The third-order valence-corrected chi connectivity index (χ3v) is 4.50. The number of halogens is 2. The second-order valence-corrected chi connectivity index (χ2v) is 6.51. The molecule has 4 nitrogen and oxygen atoms in total. The maximum Gasteiger partial charge on any atom is 0.132 e. The van der Waals surface area contributed by atoms with Crippen molar-refractivity contribution >= 4 is 29.0 Å². The van der Waals surface area contributed by atoms with E-state index in [1.54, 1.807) is 12.1 Å². The minimum Gasteiger partial charge on any atom is -0.383 e. The molecule has 3 aromatic rings. The molecule has 0 spiro atoms. The van der Waals surface area contributed by atoms with Crippen LogP contribution in [0, 0.1) is 0 Å². The number of rotatable bonds is 5. The standard InChI is InChI=1S/C19H18Cl2N4/c20-13-7-8-14(16(21)10-13)18-15(11-22)19(23)25-17(24-18)9-6-12-4-2-1-3-5-12/h1-5,7-8,10H,6,9,11,22H2,(H2,23,24,25). The van der Waals surface area contributed by atoms with Gasteiger partial charge in [0.2, 0.25) is 0 Å². The lowest BCUT2D eigenvalue weighted by molar-refractivity contribution is 0.852. The number of aryl methyl sites for hydroxylation is 2. The number of anilines is 1. The summed E-state index contributed by atoms with van der Waals surface area (Å²) in [5.41, 5.74) is 15.3. The van der Waals surface area contributed by atoms with E-state index in [1.807, 2.05) is 24.3 Å². The molecular formula is C19H18Cl2N4. The van der Waals surface area contributed by atoms with Crippen LogP contribution in [0.2, 0.25) is 10.0 Å². The zero-order valence-corrected chi connectivity index (χ0v) is 15.1. The summed E-state index contributed by atoms with van der Waals surface area (Å²) >= 11 is 12.3. The minimum absolute atomic E-state index is 0.235. The van der Waals surface area contributed by atoms with Gasteiger partial charge in [0, 0.05) is 29.1 Å². The van der Waals surface area contributed by atoms with Crippen LogP contribution in [-0.4, -0.2) is 9.97 Å². The van der Waals surface area contributed by atoms with E-state index in [4.69, 9.17) is 34.7 Å². The van der Waals surface area contributed by atoms with Crippen LogP contribution in [0.4, 0.5) is 5.82 Å². The van der Waals surface area contributed by atoms with E-state index in [2.05, 4.69) is 22.1 Å². The van der Waals surface area contributed by atoms with Gasteiger partial charge in [0.1, 0.15) is 11.6 Å². The zero-order valence-electron chi connectivity index (χ0n) is 13.5. The molecule has 1 heterocycles. The number of aromatic nitrogens is 2. The summed E-state index contributed by atoms with van der Waals surface area (Å²) in [6.07, 6.45) is 1.51. The predicted molar refractivity (Wildman–Crippen MR) is 104 cm³/mol. The average molecular weight is 373 g/mol. The molecule has 0 aliphatic heterocycles. The van der Waals surface area contributed by atoms with E-state index >= 15 is 0 Å². The summed E-state index contributed by atoms with van der Waals surface area (Å²) in [6, 6.07) is 15.5. The quantitative estimate of drug-likeness (QED) is 0.700. The van der Waals surface area contributed by atoms with Crippen molar-refractivity contribution < 1.29 is 0 Å². The van der Waals surface area contributed by atoms with Gasteiger partial charge in [-0.15, -0.1) is 0 Å². The lowest BCUT2D eigenvalue weighted by atomic mass is 10.1. The van der Waals surface area contributed by atoms with Crippen LogP contribution in [0.15, 0.2) is 48.5 Å². The van der Waals surface area contributed by atoms with Crippen molar-refractivity contribution in [3.63, 3.8) is 0 Å². The molecule has 0 amide bonds. The minimum atomic E-state index is 0.235. The Balaban J connectivity index is 1.97. The van der Waals surface area contributed by atoms with E-state index in [-0.39, 0.29) is 6.54 Å². The second kappa shape index (κ2) is 7.83. The highest BCUT2D eigenvalue weighted by Crippen LogP contribution is 2.32. The molecule has 0 saturated carbocycles. The second-order valence-electron chi connectivity index (χ2n) is 5.67. The van der Waals surface area contributed by atoms with Crippen LogP contribution in [0.3, 0.4) is 0 Å². The van der Waals surface area contributed by atoms with Crippen molar-refractivity contribution in [2.45, 2.75) is 19.4 Å². The largest absolute Gasteiger partial charge is 0.383 e. The van der Waals surface area contributed by atoms with Crippen LogP contribution in [-0.2, 0) is 19.4 Å². The molecule has 25 heavy (non-hydrogen) atoms. The van der Waals surface area contributed by atoms with Crippen LogP contribution in [0.5, 0.6) is 0 Å². The molecule has 0 aliphatic rings. The smallest absolute Gasteiger partial charge is 0.132 e. The normalized spacial score (nSPS) is 10.8. The molecule has 1 aromatic heterocycles. The molecule has 0 atom stereocenters. The molecule has 0 saturated heterocycles. The highest BCUT2D eigenvalue weighted by atomic mass is 35.5. The monoisotopic (exact) mass is 372 g/mol. The van der Waals surface area contributed by atoms with Crippen LogP contribution in [0.1, 0.15) is 17.0 Å². The number of hydrogen-bond donors (Lipinski definition) is 2. The summed E-state index contributed by atoms with van der Waals surface area (Å²) in [4.78, 5) is 9.09. The van der Waals surface area contributed by atoms with Gasteiger partial charge in [0.05, 0.1) is 10.7 Å². The fourth-order valence-corrected chi connectivity index (χ4v) is 3.17. The number of hydrogen-bond acceptors (Lipinski definition) is 4. The Morgan fingerprint density at radius 1 is 0.920 bits per heavy atom. The first-order chi connectivity index (χ1) is 12.1. The van der Waals surface area contributed by atoms with Gasteiger partial charge in [0.25, 0.3) is 0 Å². The highest BCUT2D eigenvalue weighted by Gasteiger charge is 2.16. The van der Waals surface area contributed by atoms with Crippen LogP contribution < -0.4 is 11.5 Å². The highest BCUT2D eigenvalue weighted by molar-refractivity contribution is 6.36. The van der Waals surface area contributed by atoms with Crippen molar-refractivity contribution in [1.29, 1.82) is 0 Å². The van der Waals surface area contributed by atoms with Gasteiger partial charge in [-0.25, -0.2) is 9.97 Å². The number of nitrogen functional groups attached to an aromatic ring is 1. The zero-order chi connectivity index (χ0) is 17.8. The molecule has 2 aromatic carbocycles. The summed E-state index contributed by atoms with van der Waals surface area (Å²) < 4.78 is 0. The SMILES string of the molecule is NCc1c(N)nc(CCc2ccccc2)nc1-c1ccc(Cl)cc1Cl. The first-order valence-electron chi connectivity index (χ1n) is 7.93. The molecule has 0 radical (unpaired) electrons. The van der Waals surface area contributed by atoms with Gasteiger partial charge in [0.15, 0.2) is 0 Å².